The topological polar surface area (TPSA) is 72.5 Å². The van der Waals surface area contributed by atoms with E-state index in [1.807, 2.05) is 6.92 Å². The molecule has 0 radical (unpaired) electrons. The molecule has 1 unspecified atom stereocenters. The molecular formula is C12H16ClNO4S. The second-order valence-corrected chi connectivity index (χ2v) is 6.18. The molecule has 0 spiro atoms. The largest absolute Gasteiger partial charge is 0.465 e. The third-order valence-corrected chi connectivity index (χ3v) is 4.54. The molecule has 0 aliphatic heterocycles. The van der Waals surface area contributed by atoms with Crippen molar-refractivity contribution in [2.45, 2.75) is 31.2 Å². The maximum Gasteiger partial charge on any atom is 0.339 e. The fourth-order valence-electron chi connectivity index (χ4n) is 1.35. The van der Waals surface area contributed by atoms with Crippen molar-refractivity contribution in [1.82, 2.24) is 4.72 Å². The number of hydrogen-bond donors (Lipinski definition) is 1. The summed E-state index contributed by atoms with van der Waals surface area (Å²) >= 11 is 5.84. The normalized spacial score (nSPS) is 13.1. The van der Waals surface area contributed by atoms with Crippen molar-refractivity contribution in [3.05, 3.63) is 28.8 Å². The molecule has 1 atom stereocenters. The molecule has 0 saturated heterocycles. The first-order valence-corrected chi connectivity index (χ1v) is 7.58. The van der Waals surface area contributed by atoms with Crippen LogP contribution in [0, 0.1) is 0 Å². The first kappa shape index (κ1) is 15.9. The maximum absolute atomic E-state index is 12.1. The molecule has 0 saturated carbocycles. The fourth-order valence-corrected chi connectivity index (χ4v) is 2.90. The Balaban J connectivity index is 3.18. The average molecular weight is 306 g/mol. The van der Waals surface area contributed by atoms with Crippen molar-refractivity contribution >= 4 is 27.6 Å². The summed E-state index contributed by atoms with van der Waals surface area (Å²) in [5.41, 5.74) is 0.0243. The zero-order valence-corrected chi connectivity index (χ0v) is 12.5. The number of nitrogens with one attached hydrogen (secondary N) is 1. The molecule has 0 heterocycles. The number of esters is 1. The summed E-state index contributed by atoms with van der Waals surface area (Å²) in [6, 6.07) is 3.72. The van der Waals surface area contributed by atoms with E-state index >= 15 is 0 Å². The minimum absolute atomic E-state index is 0.0161. The quantitative estimate of drug-likeness (QED) is 0.847. The molecule has 1 rings (SSSR count). The number of rotatable bonds is 5. The van der Waals surface area contributed by atoms with Crippen molar-refractivity contribution in [2.75, 3.05) is 7.11 Å². The van der Waals surface area contributed by atoms with Crippen LogP contribution in [-0.2, 0) is 14.8 Å². The molecule has 19 heavy (non-hydrogen) atoms. The van der Waals surface area contributed by atoms with Gasteiger partial charge in [-0.05, 0) is 31.5 Å². The van der Waals surface area contributed by atoms with Crippen molar-refractivity contribution in [3.8, 4) is 0 Å². The Morgan fingerprint density at radius 1 is 1.47 bits per heavy atom. The van der Waals surface area contributed by atoms with Gasteiger partial charge < -0.3 is 4.74 Å². The number of benzene rings is 1. The maximum atomic E-state index is 12.1. The Hall–Kier alpha value is -1.11. The van der Waals surface area contributed by atoms with Crippen LogP contribution in [0.3, 0.4) is 0 Å². The lowest BCUT2D eigenvalue weighted by Crippen LogP contribution is -2.32. The van der Waals surface area contributed by atoms with Crippen LogP contribution in [0.5, 0.6) is 0 Å². The molecule has 0 bridgehead atoms. The zero-order valence-electron chi connectivity index (χ0n) is 10.9. The van der Waals surface area contributed by atoms with E-state index in [9.17, 15) is 13.2 Å². The second-order valence-electron chi connectivity index (χ2n) is 4.06. The Bertz CT molecular complexity index is 571. The second kappa shape index (κ2) is 6.36. The van der Waals surface area contributed by atoms with E-state index in [1.165, 1.54) is 25.3 Å². The highest BCUT2D eigenvalue weighted by Gasteiger charge is 2.20. The van der Waals surface area contributed by atoms with Gasteiger partial charge in [-0.25, -0.2) is 17.9 Å². The molecular weight excluding hydrogens is 290 g/mol. The molecule has 1 aromatic rings. The Morgan fingerprint density at radius 2 is 2.11 bits per heavy atom. The smallest absolute Gasteiger partial charge is 0.339 e. The van der Waals surface area contributed by atoms with Gasteiger partial charge >= 0.3 is 5.97 Å². The van der Waals surface area contributed by atoms with Crippen LogP contribution in [0.25, 0.3) is 0 Å². The summed E-state index contributed by atoms with van der Waals surface area (Å²) in [6.45, 7) is 3.63. The standard InChI is InChI=1S/C12H16ClNO4S/c1-4-8(2)14-19(16,17)9-5-6-11(13)10(7-9)12(15)18-3/h5-8,14H,4H2,1-3H3. The lowest BCUT2D eigenvalue weighted by Gasteiger charge is -2.13. The Kier molecular flexibility index (Phi) is 5.34. The van der Waals surface area contributed by atoms with Crippen LogP contribution in [0.2, 0.25) is 5.02 Å². The number of carbonyl (C=O) groups excluding carboxylic acids is 1. The summed E-state index contributed by atoms with van der Waals surface area (Å²) in [5, 5.41) is 0.148. The van der Waals surface area contributed by atoms with Gasteiger partial charge in [-0.1, -0.05) is 18.5 Å². The predicted octanol–water partition coefficient (Wildman–Crippen LogP) is 2.20. The Morgan fingerprint density at radius 3 is 2.63 bits per heavy atom. The van der Waals surface area contributed by atoms with Crippen LogP contribution in [0.4, 0.5) is 0 Å². The summed E-state index contributed by atoms with van der Waals surface area (Å²) < 4.78 is 31.2. The van der Waals surface area contributed by atoms with Crippen molar-refractivity contribution in [3.63, 3.8) is 0 Å². The van der Waals surface area contributed by atoms with E-state index in [0.29, 0.717) is 6.42 Å². The summed E-state index contributed by atoms with van der Waals surface area (Å²) in [7, 11) is -2.46. The molecule has 0 aliphatic rings. The van der Waals surface area contributed by atoms with Gasteiger partial charge in [0.25, 0.3) is 0 Å². The monoisotopic (exact) mass is 305 g/mol. The Labute approximate surface area is 118 Å². The van der Waals surface area contributed by atoms with Gasteiger partial charge in [-0.3, -0.25) is 0 Å². The first-order chi connectivity index (χ1) is 8.81. The van der Waals surface area contributed by atoms with Gasteiger partial charge in [0.15, 0.2) is 0 Å². The van der Waals surface area contributed by atoms with Crippen LogP contribution < -0.4 is 4.72 Å². The third kappa shape index (κ3) is 3.92. The highest BCUT2D eigenvalue weighted by Crippen LogP contribution is 2.21. The summed E-state index contributed by atoms with van der Waals surface area (Å²) in [4.78, 5) is 11.5. The third-order valence-electron chi connectivity index (χ3n) is 2.62. The predicted molar refractivity (Wildman–Crippen MR) is 72.9 cm³/mol. The van der Waals surface area contributed by atoms with Crippen LogP contribution in [-0.4, -0.2) is 27.5 Å². The molecule has 0 fully saturated rings. The first-order valence-electron chi connectivity index (χ1n) is 5.72. The minimum atomic E-state index is -3.67. The highest BCUT2D eigenvalue weighted by molar-refractivity contribution is 7.89. The van der Waals surface area contributed by atoms with E-state index in [0.717, 1.165) is 0 Å². The molecule has 1 N–H and O–H groups in total. The van der Waals surface area contributed by atoms with E-state index in [1.54, 1.807) is 6.92 Å². The van der Waals surface area contributed by atoms with Gasteiger partial charge in [-0.2, -0.15) is 0 Å². The van der Waals surface area contributed by atoms with Gasteiger partial charge in [0.1, 0.15) is 0 Å². The van der Waals surface area contributed by atoms with Gasteiger partial charge in [-0.15, -0.1) is 0 Å². The number of halogens is 1. The number of ether oxygens (including phenoxy) is 1. The summed E-state index contributed by atoms with van der Waals surface area (Å²) in [5.74, 6) is -0.675. The van der Waals surface area contributed by atoms with Crippen LogP contribution >= 0.6 is 11.6 Å². The van der Waals surface area contributed by atoms with Crippen molar-refractivity contribution < 1.29 is 17.9 Å². The van der Waals surface area contributed by atoms with E-state index in [4.69, 9.17) is 11.6 Å². The number of methoxy groups -OCH3 is 1. The molecule has 1 aromatic carbocycles. The molecule has 7 heteroatoms. The fraction of sp³-hybridized carbons (Fsp3) is 0.417. The lowest BCUT2D eigenvalue weighted by atomic mass is 10.2. The minimum Gasteiger partial charge on any atom is -0.465 e. The highest BCUT2D eigenvalue weighted by atomic mass is 35.5. The van der Waals surface area contributed by atoms with Crippen molar-refractivity contribution in [1.29, 1.82) is 0 Å². The summed E-state index contributed by atoms with van der Waals surface area (Å²) in [6.07, 6.45) is 0.663. The molecule has 0 aromatic heterocycles. The van der Waals surface area contributed by atoms with E-state index in [2.05, 4.69) is 9.46 Å². The SMILES string of the molecule is CCC(C)NS(=O)(=O)c1ccc(Cl)c(C(=O)OC)c1. The van der Waals surface area contributed by atoms with Crippen molar-refractivity contribution in [2.24, 2.45) is 0 Å². The molecule has 5 nitrogen and oxygen atoms in total. The molecule has 0 amide bonds. The number of carbonyl (C=O) groups is 1. The van der Waals surface area contributed by atoms with Gasteiger partial charge in [0.05, 0.1) is 22.6 Å². The van der Waals surface area contributed by atoms with Gasteiger partial charge in [0.2, 0.25) is 10.0 Å². The van der Waals surface area contributed by atoms with Gasteiger partial charge in [0, 0.05) is 6.04 Å². The van der Waals surface area contributed by atoms with Crippen LogP contribution in [0.1, 0.15) is 30.6 Å². The average Bonchev–Trinajstić information content (AvgIpc) is 2.37. The van der Waals surface area contributed by atoms with Crippen LogP contribution in [0.15, 0.2) is 23.1 Å². The molecule has 106 valence electrons. The number of hydrogen-bond acceptors (Lipinski definition) is 4. The van der Waals surface area contributed by atoms with E-state index in [-0.39, 0.29) is 21.5 Å². The zero-order chi connectivity index (χ0) is 14.6. The lowest BCUT2D eigenvalue weighted by molar-refractivity contribution is 0.0600. The number of sulfonamides is 1. The molecule has 0 aliphatic carbocycles. The van der Waals surface area contributed by atoms with E-state index < -0.39 is 16.0 Å².